The predicted octanol–water partition coefficient (Wildman–Crippen LogP) is 21.1. The van der Waals surface area contributed by atoms with Gasteiger partial charge < -0.3 is 46.0 Å². The zero-order chi connectivity index (χ0) is 64.7. The van der Waals surface area contributed by atoms with E-state index in [1.807, 2.05) is 174 Å². The van der Waals surface area contributed by atoms with E-state index in [9.17, 15) is 60.3 Å². The Morgan fingerprint density at radius 3 is 0.602 bits per heavy atom. The summed E-state index contributed by atoms with van der Waals surface area (Å²) >= 11 is 0. The average Bonchev–Trinajstić information content (AvgIpc) is 3.75. The molecule has 0 fully saturated rings. The van der Waals surface area contributed by atoms with Crippen molar-refractivity contribution in [3.05, 3.63) is 217 Å². The molecule has 88 heavy (non-hydrogen) atoms. The van der Waals surface area contributed by atoms with Crippen LogP contribution in [0.15, 0.2) is 200 Å². The Hall–Kier alpha value is -10.6. The molecule has 0 unspecified atom stereocenters. The van der Waals surface area contributed by atoms with Gasteiger partial charge in [0.15, 0.2) is 0 Å². The molecule has 12 heteroatoms. The number of carboxylic acids is 3. The highest BCUT2D eigenvalue weighted by Gasteiger charge is 2.25. The van der Waals surface area contributed by atoms with Gasteiger partial charge in [0.25, 0.3) is 0 Å². The number of benzene rings is 12. The highest BCUT2D eigenvalue weighted by atomic mass is 16.4. The summed E-state index contributed by atoms with van der Waals surface area (Å²) in [6.45, 7) is 24.0. The van der Waals surface area contributed by atoms with Crippen LogP contribution in [0.5, 0.6) is 34.5 Å². The standard InChI is InChI=1S/3C21H14O4.6C2H6.CH4/c3*22-17-10-9-12-5-1-3-7-14(12)18(17)19-15-8-4-2-6-13(15)11-16(20(19)23)21(24)25;6*1-2;/h3*1-11,22-23H,(H,24,25);6*1-2H3;1H4. The smallest absolute Gasteiger partial charge is 0.339 e. The maximum Gasteiger partial charge on any atom is 0.339 e. The van der Waals surface area contributed by atoms with E-state index in [2.05, 4.69) is 0 Å². The van der Waals surface area contributed by atoms with Crippen LogP contribution >= 0.6 is 0 Å². The van der Waals surface area contributed by atoms with Crippen molar-refractivity contribution in [2.45, 2.75) is 90.5 Å². The second-order valence-corrected chi connectivity index (χ2v) is 17.6. The lowest BCUT2D eigenvalue weighted by Gasteiger charge is -2.15. The summed E-state index contributed by atoms with van der Waals surface area (Å²) in [5.41, 5.74) is 1.67. The summed E-state index contributed by atoms with van der Waals surface area (Å²) in [4.78, 5) is 34.7. The zero-order valence-corrected chi connectivity index (χ0v) is 51.3. The first-order valence-electron chi connectivity index (χ1n) is 29.3. The number of carboxylic acid groups (broad SMARTS) is 3. The van der Waals surface area contributed by atoms with Gasteiger partial charge in [-0.25, -0.2) is 14.4 Å². The van der Waals surface area contributed by atoms with E-state index in [1.165, 1.54) is 18.2 Å². The number of hydrogen-bond donors (Lipinski definition) is 9. The van der Waals surface area contributed by atoms with Crippen LogP contribution in [-0.4, -0.2) is 63.9 Å². The first kappa shape index (κ1) is 71.7. The number of carbonyl (C=O) groups is 3. The van der Waals surface area contributed by atoms with Gasteiger partial charge in [-0.1, -0.05) is 254 Å². The van der Waals surface area contributed by atoms with Gasteiger partial charge in [-0.3, -0.25) is 0 Å². The van der Waals surface area contributed by atoms with Crippen LogP contribution in [0.25, 0.3) is 98.0 Å². The van der Waals surface area contributed by atoms with Gasteiger partial charge in [0.2, 0.25) is 0 Å². The molecule has 0 radical (unpaired) electrons. The van der Waals surface area contributed by atoms with Gasteiger partial charge in [0.05, 0.1) is 0 Å². The lowest BCUT2D eigenvalue weighted by molar-refractivity contribution is 0.0682. The molecule has 0 atom stereocenters. The summed E-state index contributed by atoms with van der Waals surface area (Å²) in [6.07, 6.45) is 0. The van der Waals surface area contributed by atoms with Crippen molar-refractivity contribution >= 4 is 82.5 Å². The number of hydrogen-bond acceptors (Lipinski definition) is 9. The van der Waals surface area contributed by atoms with E-state index >= 15 is 0 Å². The Morgan fingerprint density at radius 2 is 0.409 bits per heavy atom. The van der Waals surface area contributed by atoms with Crippen molar-refractivity contribution in [3.63, 3.8) is 0 Å². The zero-order valence-electron chi connectivity index (χ0n) is 51.3. The minimum absolute atomic E-state index is 0. The third-order valence-corrected chi connectivity index (χ3v) is 13.2. The quantitative estimate of drug-likeness (QED) is 0.0757. The first-order chi connectivity index (χ1) is 42.2. The molecule has 12 nitrogen and oxygen atoms in total. The molecular formula is C76H82O12. The molecule has 0 bridgehead atoms. The summed E-state index contributed by atoms with van der Waals surface area (Å²) in [6, 6.07) is 58.4. The minimum atomic E-state index is -1.22. The minimum Gasteiger partial charge on any atom is -0.507 e. The van der Waals surface area contributed by atoms with E-state index in [0.29, 0.717) is 65.7 Å². The Balaban J connectivity index is 0.000000316. The molecule has 12 aromatic rings. The SMILES string of the molecule is C.CC.CC.CC.CC.CC.CC.O=C(O)c1cc2ccccc2c(-c2c(O)ccc3ccccc23)c1O.O=C(O)c1cc2ccccc2c(-c2c(O)ccc3ccccc23)c1O.O=C(O)c1cc2ccccc2c(-c2c(O)ccc3ccccc23)c1O. The molecule has 0 aliphatic carbocycles. The number of aromatic hydroxyl groups is 6. The van der Waals surface area contributed by atoms with Crippen molar-refractivity contribution in [2.24, 2.45) is 0 Å². The molecule has 9 N–H and O–H groups in total. The van der Waals surface area contributed by atoms with Gasteiger partial charge >= 0.3 is 17.9 Å². The van der Waals surface area contributed by atoms with E-state index in [4.69, 9.17) is 0 Å². The molecule has 0 amide bonds. The molecule has 12 aromatic carbocycles. The summed E-state index contributed by atoms with van der Waals surface area (Å²) in [5.74, 6) is -4.74. The van der Waals surface area contributed by atoms with Gasteiger partial charge in [-0.05, 0) is 101 Å². The van der Waals surface area contributed by atoms with E-state index in [-0.39, 0.29) is 58.6 Å². The third-order valence-electron chi connectivity index (χ3n) is 13.2. The van der Waals surface area contributed by atoms with Crippen molar-refractivity contribution in [3.8, 4) is 67.9 Å². The lowest BCUT2D eigenvalue weighted by atomic mass is 9.90. The number of fused-ring (bicyclic) bond motifs is 6. The Kier molecular flexibility index (Phi) is 28.0. The monoisotopic (exact) mass is 1190 g/mol. The fourth-order valence-electron chi connectivity index (χ4n) is 9.83. The van der Waals surface area contributed by atoms with Gasteiger partial charge in [-0.15, -0.1) is 0 Å². The topological polar surface area (TPSA) is 233 Å². The van der Waals surface area contributed by atoms with Gasteiger partial charge in [0.1, 0.15) is 51.2 Å². The number of rotatable bonds is 6. The Morgan fingerprint density at radius 1 is 0.239 bits per heavy atom. The van der Waals surface area contributed by atoms with Crippen LogP contribution in [0.1, 0.15) is 122 Å². The highest BCUT2D eigenvalue weighted by Crippen LogP contribution is 2.49. The van der Waals surface area contributed by atoms with Crippen molar-refractivity contribution in [2.75, 3.05) is 0 Å². The van der Waals surface area contributed by atoms with Crippen LogP contribution in [-0.2, 0) is 0 Å². The Bertz CT molecular complexity index is 3880. The third kappa shape index (κ3) is 15.1. The fraction of sp³-hybridized carbons (Fsp3) is 0.171. The first-order valence-corrected chi connectivity index (χ1v) is 29.3. The maximum atomic E-state index is 11.6. The van der Waals surface area contributed by atoms with E-state index in [0.717, 1.165) is 32.3 Å². The van der Waals surface area contributed by atoms with Crippen LogP contribution in [0, 0.1) is 0 Å². The largest absolute Gasteiger partial charge is 0.507 e. The molecule has 12 rings (SSSR count). The summed E-state index contributed by atoms with van der Waals surface area (Å²) in [5, 5.41) is 101. The fourth-order valence-corrected chi connectivity index (χ4v) is 9.83. The van der Waals surface area contributed by atoms with E-state index < -0.39 is 17.9 Å². The van der Waals surface area contributed by atoms with Crippen LogP contribution in [0.2, 0.25) is 0 Å². The molecular weight excluding hydrogens is 1100 g/mol. The highest BCUT2D eigenvalue weighted by molar-refractivity contribution is 6.16. The van der Waals surface area contributed by atoms with Crippen LogP contribution < -0.4 is 0 Å². The molecule has 458 valence electrons. The lowest BCUT2D eigenvalue weighted by Crippen LogP contribution is -1.99. The normalized spacial score (nSPS) is 9.82. The number of phenols is 6. The average molecular weight is 1190 g/mol. The van der Waals surface area contributed by atoms with Crippen molar-refractivity contribution < 1.29 is 60.3 Å². The van der Waals surface area contributed by atoms with Crippen molar-refractivity contribution in [1.29, 1.82) is 0 Å². The van der Waals surface area contributed by atoms with Gasteiger partial charge in [-0.2, -0.15) is 0 Å². The van der Waals surface area contributed by atoms with Crippen LogP contribution in [0.4, 0.5) is 0 Å². The predicted molar refractivity (Wildman–Crippen MR) is 366 cm³/mol. The molecule has 0 aliphatic heterocycles. The second-order valence-electron chi connectivity index (χ2n) is 17.6. The molecule has 0 saturated carbocycles. The van der Waals surface area contributed by atoms with Crippen LogP contribution in [0.3, 0.4) is 0 Å². The molecule has 0 aliphatic rings. The molecule has 0 saturated heterocycles. The number of aromatic carboxylic acids is 3. The second kappa shape index (κ2) is 34.4. The van der Waals surface area contributed by atoms with E-state index in [1.54, 1.807) is 91.0 Å². The molecule has 0 aromatic heterocycles. The molecule has 0 heterocycles. The van der Waals surface area contributed by atoms with Crippen molar-refractivity contribution in [1.82, 2.24) is 0 Å². The number of phenolic OH excluding ortho intramolecular Hbond substituents is 3. The Labute approximate surface area is 515 Å². The maximum absolute atomic E-state index is 11.6. The van der Waals surface area contributed by atoms with Gasteiger partial charge in [0, 0.05) is 33.4 Å². The molecule has 0 spiro atoms. The summed E-state index contributed by atoms with van der Waals surface area (Å²) < 4.78 is 0. The summed E-state index contributed by atoms with van der Waals surface area (Å²) in [7, 11) is 0.